The molecule has 0 radical (unpaired) electrons. The molecule has 0 unspecified atom stereocenters. The number of aliphatic imine (C=N–C) groups is 1. The van der Waals surface area contributed by atoms with E-state index in [2.05, 4.69) is 64.6 Å². The Balaban J connectivity index is 1.53. The topological polar surface area (TPSA) is 45.5 Å². The zero-order valence-electron chi connectivity index (χ0n) is 17.8. The van der Waals surface area contributed by atoms with Crippen molar-refractivity contribution in [3.63, 3.8) is 0 Å². The van der Waals surface area contributed by atoms with Crippen LogP contribution in [0.25, 0.3) is 43.6 Å². The lowest BCUT2D eigenvalue weighted by molar-refractivity contribution is 0.474. The van der Waals surface area contributed by atoms with E-state index in [4.69, 9.17) is 0 Å². The number of nitrogens with zero attached hydrogens (tertiary/aromatic N) is 2. The smallest absolute Gasteiger partial charge is 0.124 e. The van der Waals surface area contributed by atoms with Gasteiger partial charge in [0.15, 0.2) is 0 Å². The van der Waals surface area contributed by atoms with Crippen LogP contribution in [0.4, 0.5) is 5.69 Å². The van der Waals surface area contributed by atoms with Gasteiger partial charge >= 0.3 is 0 Å². The number of rotatable bonds is 3. The third kappa shape index (κ3) is 3.40. The summed E-state index contributed by atoms with van der Waals surface area (Å²) in [7, 11) is 0. The van der Waals surface area contributed by atoms with Crippen molar-refractivity contribution in [2.75, 3.05) is 0 Å². The minimum absolute atomic E-state index is 0.195. The molecule has 0 spiro atoms. The van der Waals surface area contributed by atoms with Gasteiger partial charge < -0.3 is 5.11 Å². The van der Waals surface area contributed by atoms with Gasteiger partial charge in [-0.05, 0) is 63.0 Å². The monoisotopic (exact) mass is 424 g/mol. The molecule has 0 fully saturated rings. The van der Waals surface area contributed by atoms with Crippen LogP contribution in [0.15, 0.2) is 114 Å². The minimum atomic E-state index is 0.195. The van der Waals surface area contributed by atoms with Crippen molar-refractivity contribution in [2.45, 2.75) is 0 Å². The number of pyridine rings is 1. The van der Waals surface area contributed by atoms with Crippen molar-refractivity contribution in [1.82, 2.24) is 4.98 Å². The highest BCUT2D eigenvalue weighted by Crippen LogP contribution is 2.37. The lowest BCUT2D eigenvalue weighted by Crippen LogP contribution is -1.89. The van der Waals surface area contributed by atoms with Gasteiger partial charge in [0.2, 0.25) is 0 Å². The molecule has 0 aliphatic heterocycles. The molecule has 0 bridgehead atoms. The summed E-state index contributed by atoms with van der Waals surface area (Å²) in [6, 6.07) is 34.7. The zero-order valence-corrected chi connectivity index (χ0v) is 17.8. The Hall–Kier alpha value is -4.50. The Labute approximate surface area is 191 Å². The molecular formula is C30H20N2O. The van der Waals surface area contributed by atoms with Gasteiger partial charge in [0.05, 0.1) is 11.2 Å². The van der Waals surface area contributed by atoms with E-state index in [1.54, 1.807) is 18.5 Å². The van der Waals surface area contributed by atoms with E-state index in [1.165, 1.54) is 21.5 Å². The summed E-state index contributed by atoms with van der Waals surface area (Å²) in [6.45, 7) is 0. The normalized spacial score (nSPS) is 11.6. The number of aromatic nitrogens is 1. The zero-order chi connectivity index (χ0) is 22.2. The Morgan fingerprint density at radius 1 is 0.667 bits per heavy atom. The van der Waals surface area contributed by atoms with Crippen LogP contribution in [0.1, 0.15) is 5.56 Å². The predicted octanol–water partition coefficient (Wildman–Crippen LogP) is 7.66. The molecule has 3 heteroatoms. The number of para-hydroxylation sites is 1. The maximum Gasteiger partial charge on any atom is 0.124 e. The quantitative estimate of drug-likeness (QED) is 0.234. The van der Waals surface area contributed by atoms with E-state index >= 15 is 0 Å². The molecule has 5 aromatic carbocycles. The van der Waals surface area contributed by atoms with Gasteiger partial charge in [-0.15, -0.1) is 0 Å². The van der Waals surface area contributed by atoms with Gasteiger partial charge in [0, 0.05) is 23.4 Å². The van der Waals surface area contributed by atoms with Gasteiger partial charge in [-0.2, -0.15) is 0 Å². The Morgan fingerprint density at radius 2 is 1.36 bits per heavy atom. The molecule has 6 rings (SSSR count). The standard InChI is InChI=1S/C30H20N2O/c33-28-15-14-23(18-24(28)19-32-27-13-5-9-20-10-6-16-31-30(20)27)29-25-11-3-1-7-21(25)17-22-8-2-4-12-26(22)29/h1-19,33H. The molecule has 1 N–H and O–H groups in total. The van der Waals surface area contributed by atoms with E-state index in [0.29, 0.717) is 5.56 Å². The maximum absolute atomic E-state index is 10.6. The van der Waals surface area contributed by atoms with Crippen molar-refractivity contribution in [1.29, 1.82) is 0 Å². The highest BCUT2D eigenvalue weighted by Gasteiger charge is 2.11. The van der Waals surface area contributed by atoms with E-state index in [0.717, 1.165) is 27.7 Å². The molecule has 3 nitrogen and oxygen atoms in total. The number of hydrogen-bond acceptors (Lipinski definition) is 3. The number of fused-ring (bicyclic) bond motifs is 3. The van der Waals surface area contributed by atoms with Crippen molar-refractivity contribution in [2.24, 2.45) is 4.99 Å². The molecule has 1 heterocycles. The second kappa shape index (κ2) is 7.88. The molecule has 33 heavy (non-hydrogen) atoms. The van der Waals surface area contributed by atoms with Gasteiger partial charge in [0.25, 0.3) is 0 Å². The fraction of sp³-hybridized carbons (Fsp3) is 0. The predicted molar refractivity (Wildman–Crippen MR) is 138 cm³/mol. The average molecular weight is 425 g/mol. The third-order valence-corrected chi connectivity index (χ3v) is 6.04. The molecular weight excluding hydrogens is 404 g/mol. The van der Waals surface area contributed by atoms with Crippen molar-refractivity contribution in [3.8, 4) is 16.9 Å². The summed E-state index contributed by atoms with van der Waals surface area (Å²) in [5.74, 6) is 0.195. The number of aromatic hydroxyl groups is 1. The van der Waals surface area contributed by atoms with E-state index in [-0.39, 0.29) is 5.75 Å². The molecule has 0 atom stereocenters. The highest BCUT2D eigenvalue weighted by atomic mass is 16.3. The fourth-order valence-corrected chi connectivity index (χ4v) is 4.47. The SMILES string of the molecule is Oc1ccc(-c2c3ccccc3cc3ccccc23)cc1C=Nc1cccc2cccnc12. The minimum Gasteiger partial charge on any atom is -0.507 e. The molecule has 0 amide bonds. The summed E-state index contributed by atoms with van der Waals surface area (Å²) < 4.78 is 0. The van der Waals surface area contributed by atoms with E-state index in [1.807, 2.05) is 42.5 Å². The Morgan fingerprint density at radius 3 is 2.15 bits per heavy atom. The molecule has 0 aliphatic carbocycles. The van der Waals surface area contributed by atoms with Crippen LogP contribution in [0.5, 0.6) is 5.75 Å². The third-order valence-electron chi connectivity index (χ3n) is 6.04. The maximum atomic E-state index is 10.6. The lowest BCUT2D eigenvalue weighted by atomic mass is 9.91. The van der Waals surface area contributed by atoms with Crippen LogP contribution in [0.2, 0.25) is 0 Å². The fourth-order valence-electron chi connectivity index (χ4n) is 4.47. The number of phenols is 1. The number of hydrogen-bond donors (Lipinski definition) is 1. The molecule has 0 saturated heterocycles. The van der Waals surface area contributed by atoms with Crippen molar-refractivity contribution in [3.05, 3.63) is 115 Å². The van der Waals surface area contributed by atoms with Gasteiger partial charge in [-0.1, -0.05) is 72.8 Å². The first-order valence-electron chi connectivity index (χ1n) is 10.9. The first-order valence-corrected chi connectivity index (χ1v) is 10.9. The Kier molecular flexibility index (Phi) is 4.59. The van der Waals surface area contributed by atoms with Crippen molar-refractivity contribution >= 4 is 44.3 Å². The van der Waals surface area contributed by atoms with E-state index < -0.39 is 0 Å². The van der Waals surface area contributed by atoms with Gasteiger partial charge in [0.1, 0.15) is 5.75 Å². The second-order valence-electron chi connectivity index (χ2n) is 8.08. The molecule has 0 saturated carbocycles. The first kappa shape index (κ1) is 19.2. The highest BCUT2D eigenvalue weighted by molar-refractivity contribution is 6.13. The van der Waals surface area contributed by atoms with Crippen LogP contribution >= 0.6 is 0 Å². The Bertz CT molecular complexity index is 1630. The summed E-state index contributed by atoms with van der Waals surface area (Å²) >= 11 is 0. The summed E-state index contributed by atoms with van der Waals surface area (Å²) in [5.41, 5.74) is 4.47. The van der Waals surface area contributed by atoms with Crippen LogP contribution < -0.4 is 0 Å². The summed E-state index contributed by atoms with van der Waals surface area (Å²) in [6.07, 6.45) is 3.49. The first-order chi connectivity index (χ1) is 16.3. The molecule has 0 aliphatic rings. The van der Waals surface area contributed by atoms with Gasteiger partial charge in [-0.25, -0.2) is 0 Å². The lowest BCUT2D eigenvalue weighted by Gasteiger charge is -2.13. The number of phenolic OH excluding ortho intramolecular Hbond substituents is 1. The molecule has 1 aromatic heterocycles. The second-order valence-corrected chi connectivity index (χ2v) is 8.08. The van der Waals surface area contributed by atoms with Crippen LogP contribution in [-0.4, -0.2) is 16.3 Å². The van der Waals surface area contributed by atoms with Gasteiger partial charge in [-0.3, -0.25) is 9.98 Å². The van der Waals surface area contributed by atoms with Crippen LogP contribution in [-0.2, 0) is 0 Å². The molecule has 6 aromatic rings. The largest absolute Gasteiger partial charge is 0.507 e. The summed E-state index contributed by atoms with van der Waals surface area (Å²) in [4.78, 5) is 9.15. The van der Waals surface area contributed by atoms with Crippen LogP contribution in [0.3, 0.4) is 0 Å². The summed E-state index contributed by atoms with van der Waals surface area (Å²) in [5, 5.41) is 16.4. The number of benzene rings is 5. The molecule has 156 valence electrons. The van der Waals surface area contributed by atoms with Crippen molar-refractivity contribution < 1.29 is 5.11 Å². The average Bonchev–Trinajstić information content (AvgIpc) is 2.87. The van der Waals surface area contributed by atoms with E-state index in [9.17, 15) is 5.11 Å². The van der Waals surface area contributed by atoms with Crippen LogP contribution in [0, 0.1) is 0 Å².